The number of rotatable bonds is 5. The average Bonchev–Trinajstić information content (AvgIpc) is 3.23. The number of carbonyl (C=O) groups excluding carboxylic acids is 1. The van der Waals surface area contributed by atoms with Crippen molar-refractivity contribution < 1.29 is 4.79 Å². The van der Waals surface area contributed by atoms with Gasteiger partial charge in [0.15, 0.2) is 0 Å². The zero-order chi connectivity index (χ0) is 14.8. The van der Waals surface area contributed by atoms with Crippen LogP contribution in [0.4, 0.5) is 0 Å². The number of nitrogens with zero attached hydrogens (tertiary/aromatic N) is 3. The SMILES string of the molecule is Cn1cncc1CCNC(=O)c1cc(=O)[nH]c(C2CC2)n1. The summed E-state index contributed by atoms with van der Waals surface area (Å²) >= 11 is 0. The molecule has 0 atom stereocenters. The summed E-state index contributed by atoms with van der Waals surface area (Å²) in [6.07, 6.45) is 6.21. The maximum atomic E-state index is 12.1. The molecule has 0 saturated heterocycles. The Morgan fingerprint density at radius 3 is 3.00 bits per heavy atom. The molecule has 3 rings (SSSR count). The Balaban J connectivity index is 1.62. The second-order valence-electron chi connectivity index (χ2n) is 5.29. The largest absolute Gasteiger partial charge is 0.350 e. The first kappa shape index (κ1) is 13.5. The fraction of sp³-hybridized carbons (Fsp3) is 0.429. The van der Waals surface area contributed by atoms with Gasteiger partial charge in [0.1, 0.15) is 11.5 Å². The molecule has 1 fully saturated rings. The van der Waals surface area contributed by atoms with Gasteiger partial charge in [0.05, 0.1) is 6.33 Å². The van der Waals surface area contributed by atoms with Crippen LogP contribution < -0.4 is 10.9 Å². The summed E-state index contributed by atoms with van der Waals surface area (Å²) in [5.41, 5.74) is 0.946. The van der Waals surface area contributed by atoms with Gasteiger partial charge in [-0.3, -0.25) is 9.59 Å². The molecule has 1 aliphatic carbocycles. The van der Waals surface area contributed by atoms with Crippen molar-refractivity contribution in [2.75, 3.05) is 6.54 Å². The number of hydrogen-bond donors (Lipinski definition) is 2. The Morgan fingerprint density at radius 1 is 1.52 bits per heavy atom. The molecule has 2 heterocycles. The maximum Gasteiger partial charge on any atom is 0.270 e. The smallest absolute Gasteiger partial charge is 0.270 e. The van der Waals surface area contributed by atoms with Crippen molar-refractivity contribution in [1.29, 1.82) is 0 Å². The van der Waals surface area contributed by atoms with Crippen LogP contribution in [0, 0.1) is 0 Å². The van der Waals surface area contributed by atoms with Crippen LogP contribution in [0.1, 0.15) is 40.8 Å². The van der Waals surface area contributed by atoms with Crippen molar-refractivity contribution in [3.05, 3.63) is 46.2 Å². The fourth-order valence-corrected chi connectivity index (χ4v) is 2.16. The quantitative estimate of drug-likeness (QED) is 0.830. The lowest BCUT2D eigenvalue weighted by molar-refractivity contribution is 0.0948. The van der Waals surface area contributed by atoms with E-state index < -0.39 is 0 Å². The molecule has 0 bridgehead atoms. The number of hydrogen-bond acceptors (Lipinski definition) is 4. The summed E-state index contributed by atoms with van der Waals surface area (Å²) in [6, 6.07) is 1.24. The molecule has 0 unspecified atom stereocenters. The van der Waals surface area contributed by atoms with E-state index >= 15 is 0 Å². The van der Waals surface area contributed by atoms with Crippen LogP contribution in [0.15, 0.2) is 23.4 Å². The molecule has 21 heavy (non-hydrogen) atoms. The Labute approximate surface area is 121 Å². The van der Waals surface area contributed by atoms with Crippen LogP contribution in [-0.2, 0) is 13.5 Å². The van der Waals surface area contributed by atoms with Crippen LogP contribution in [0.3, 0.4) is 0 Å². The highest BCUT2D eigenvalue weighted by Gasteiger charge is 2.27. The molecule has 0 aromatic carbocycles. The molecule has 0 radical (unpaired) electrons. The minimum absolute atomic E-state index is 0.186. The maximum absolute atomic E-state index is 12.1. The molecule has 0 aliphatic heterocycles. The standard InChI is InChI=1S/C14H17N5O2/c1-19-8-15-7-10(19)4-5-16-14(21)11-6-12(20)18-13(17-11)9-2-3-9/h6-9H,2-5H2,1H3,(H,16,21)(H,17,18,20). The van der Waals surface area contributed by atoms with E-state index in [4.69, 9.17) is 0 Å². The lowest BCUT2D eigenvalue weighted by Crippen LogP contribution is -2.29. The number of aromatic nitrogens is 4. The van der Waals surface area contributed by atoms with Crippen molar-refractivity contribution in [2.24, 2.45) is 7.05 Å². The van der Waals surface area contributed by atoms with Gasteiger partial charge in [0, 0.05) is 43.9 Å². The third-order valence-corrected chi connectivity index (χ3v) is 3.54. The van der Waals surface area contributed by atoms with E-state index in [0.29, 0.717) is 24.7 Å². The number of imidazole rings is 1. The summed E-state index contributed by atoms with van der Waals surface area (Å²) < 4.78 is 1.91. The molecule has 7 heteroatoms. The summed E-state index contributed by atoms with van der Waals surface area (Å²) in [6.45, 7) is 0.478. The number of aromatic amines is 1. The molecule has 1 amide bonds. The zero-order valence-corrected chi connectivity index (χ0v) is 11.8. The second-order valence-corrected chi connectivity index (χ2v) is 5.29. The molecule has 2 aromatic rings. The number of H-pyrrole nitrogens is 1. The Hall–Kier alpha value is -2.44. The summed E-state index contributed by atoms with van der Waals surface area (Å²) in [5.74, 6) is 0.615. The molecule has 2 N–H and O–H groups in total. The third kappa shape index (κ3) is 3.18. The monoisotopic (exact) mass is 287 g/mol. The predicted molar refractivity (Wildman–Crippen MR) is 76.1 cm³/mol. The second kappa shape index (κ2) is 5.51. The lowest BCUT2D eigenvalue weighted by atomic mass is 10.3. The van der Waals surface area contributed by atoms with E-state index in [9.17, 15) is 9.59 Å². The summed E-state index contributed by atoms with van der Waals surface area (Å²) in [7, 11) is 1.91. The van der Waals surface area contributed by atoms with Crippen molar-refractivity contribution in [3.8, 4) is 0 Å². The molecule has 1 saturated carbocycles. The van der Waals surface area contributed by atoms with E-state index in [-0.39, 0.29) is 17.2 Å². The van der Waals surface area contributed by atoms with Crippen molar-refractivity contribution in [1.82, 2.24) is 24.8 Å². The molecule has 2 aromatic heterocycles. The first-order valence-electron chi connectivity index (χ1n) is 6.98. The van der Waals surface area contributed by atoms with Crippen LogP contribution in [0.25, 0.3) is 0 Å². The minimum atomic E-state index is -0.315. The fourth-order valence-electron chi connectivity index (χ4n) is 2.16. The van der Waals surface area contributed by atoms with Crippen LogP contribution in [0.5, 0.6) is 0 Å². The van der Waals surface area contributed by atoms with E-state index in [2.05, 4.69) is 20.3 Å². The minimum Gasteiger partial charge on any atom is -0.350 e. The third-order valence-electron chi connectivity index (χ3n) is 3.54. The molecular weight excluding hydrogens is 270 g/mol. The van der Waals surface area contributed by atoms with Gasteiger partial charge in [-0.15, -0.1) is 0 Å². The van der Waals surface area contributed by atoms with E-state index in [1.807, 2.05) is 11.6 Å². The van der Waals surface area contributed by atoms with Gasteiger partial charge >= 0.3 is 0 Å². The molecule has 0 spiro atoms. The number of nitrogens with one attached hydrogen (secondary N) is 2. The predicted octanol–water partition coefficient (Wildman–Crippen LogP) is 0.353. The molecule has 110 valence electrons. The highest BCUT2D eigenvalue weighted by molar-refractivity contribution is 5.92. The van der Waals surface area contributed by atoms with Gasteiger partial charge in [0.2, 0.25) is 0 Å². The van der Waals surface area contributed by atoms with Gasteiger partial charge in [0.25, 0.3) is 11.5 Å². The first-order chi connectivity index (χ1) is 10.1. The summed E-state index contributed by atoms with van der Waals surface area (Å²) in [5, 5.41) is 2.78. The Bertz CT molecular complexity index is 714. The normalized spacial score (nSPS) is 14.1. The Kier molecular flexibility index (Phi) is 3.55. The molecule has 7 nitrogen and oxygen atoms in total. The zero-order valence-electron chi connectivity index (χ0n) is 11.8. The summed E-state index contributed by atoms with van der Waals surface area (Å²) in [4.78, 5) is 34.6. The van der Waals surface area contributed by atoms with E-state index in [1.54, 1.807) is 12.5 Å². The van der Waals surface area contributed by atoms with Crippen LogP contribution in [-0.4, -0.2) is 32.0 Å². The van der Waals surface area contributed by atoms with Crippen molar-refractivity contribution in [2.45, 2.75) is 25.2 Å². The van der Waals surface area contributed by atoms with Gasteiger partial charge in [-0.25, -0.2) is 9.97 Å². The van der Waals surface area contributed by atoms with Gasteiger partial charge < -0.3 is 14.9 Å². The van der Waals surface area contributed by atoms with Crippen molar-refractivity contribution >= 4 is 5.91 Å². The van der Waals surface area contributed by atoms with E-state index in [0.717, 1.165) is 18.5 Å². The number of aryl methyl sites for hydroxylation is 1. The van der Waals surface area contributed by atoms with E-state index in [1.165, 1.54) is 6.07 Å². The highest BCUT2D eigenvalue weighted by atomic mass is 16.2. The van der Waals surface area contributed by atoms with Crippen LogP contribution >= 0.6 is 0 Å². The number of amides is 1. The highest BCUT2D eigenvalue weighted by Crippen LogP contribution is 2.37. The topological polar surface area (TPSA) is 92.7 Å². The van der Waals surface area contributed by atoms with Gasteiger partial charge in [-0.05, 0) is 12.8 Å². The lowest BCUT2D eigenvalue weighted by Gasteiger charge is -2.06. The first-order valence-corrected chi connectivity index (χ1v) is 6.98. The molecular formula is C14H17N5O2. The van der Waals surface area contributed by atoms with Gasteiger partial charge in [-0.1, -0.05) is 0 Å². The number of carbonyl (C=O) groups is 1. The average molecular weight is 287 g/mol. The van der Waals surface area contributed by atoms with Crippen molar-refractivity contribution in [3.63, 3.8) is 0 Å². The van der Waals surface area contributed by atoms with Gasteiger partial charge in [-0.2, -0.15) is 0 Å². The Morgan fingerprint density at radius 2 is 2.33 bits per heavy atom. The molecule has 1 aliphatic rings. The van der Waals surface area contributed by atoms with Crippen LogP contribution in [0.2, 0.25) is 0 Å².